The monoisotopic (exact) mass is 191 g/mol. The first kappa shape index (κ1) is 8.06. The zero-order chi connectivity index (χ0) is 7.61. The fourth-order valence-electron chi connectivity index (χ4n) is 0.830. The van der Waals surface area contributed by atoms with Gasteiger partial charge in [-0.05, 0) is 0 Å². The average Bonchev–Trinajstić information content (AvgIpc) is 1.88. The molecule has 0 bridgehead atoms. The van der Waals surface area contributed by atoms with Gasteiger partial charge in [-0.25, -0.2) is 0 Å². The molecule has 0 unspecified atom stereocenters. The Morgan fingerprint density at radius 3 is 1.90 bits per heavy atom. The van der Waals surface area contributed by atoms with Crippen LogP contribution in [0.4, 0.5) is 0 Å². The average molecular weight is 191 g/mol. The molecule has 1 aromatic carbocycles. The predicted molar refractivity (Wildman–Crippen MR) is 43.6 cm³/mol. The van der Waals surface area contributed by atoms with Crippen molar-refractivity contribution in [1.29, 1.82) is 0 Å². The first-order chi connectivity index (χ1) is 4.61. The van der Waals surface area contributed by atoms with Gasteiger partial charge >= 0.3 is 70.7 Å². The summed E-state index contributed by atoms with van der Waals surface area (Å²) in [5.41, 5.74) is 0. The Balaban J connectivity index is 2.97. The van der Waals surface area contributed by atoms with Crippen molar-refractivity contribution in [1.82, 2.24) is 0 Å². The van der Waals surface area contributed by atoms with Crippen molar-refractivity contribution < 1.29 is 15.4 Å². The molecule has 0 aliphatic carbocycles. The van der Waals surface area contributed by atoms with E-state index in [2.05, 4.69) is 52.7 Å². The number of hydrogen-bond donors (Lipinski definition) is 0. The van der Waals surface area contributed by atoms with E-state index in [0.717, 1.165) is 0 Å². The van der Waals surface area contributed by atoms with Crippen LogP contribution in [0, 0.1) is 0 Å². The molecule has 0 aromatic heterocycles. The van der Waals surface area contributed by atoms with Crippen molar-refractivity contribution in [3.8, 4) is 0 Å². The van der Waals surface area contributed by atoms with Gasteiger partial charge in [-0.2, -0.15) is 0 Å². The molecule has 0 aliphatic heterocycles. The molecule has 0 saturated carbocycles. The normalized spacial score (nSPS) is 11.5. The van der Waals surface area contributed by atoms with Gasteiger partial charge < -0.3 is 0 Å². The van der Waals surface area contributed by atoms with E-state index >= 15 is 0 Å². The summed E-state index contributed by atoms with van der Waals surface area (Å²) < 4.78 is 0. The third-order valence-electron chi connectivity index (χ3n) is 1.45. The van der Waals surface area contributed by atoms with E-state index in [0.29, 0.717) is 0 Å². The molecule has 1 aromatic rings. The third-order valence-corrected chi connectivity index (χ3v) is 4.10. The summed E-state index contributed by atoms with van der Waals surface area (Å²) in [6.45, 7) is 3.22. The van der Waals surface area contributed by atoms with Crippen LogP contribution in [-0.4, -0.2) is 6.68 Å². The second-order valence-corrected chi connectivity index (χ2v) is 10.4. The molecule has 0 nitrogen and oxygen atoms in total. The summed E-state index contributed by atoms with van der Waals surface area (Å²) in [5.74, 6) is 0. The Morgan fingerprint density at radius 2 is 1.60 bits per heavy atom. The summed E-state index contributed by atoms with van der Waals surface area (Å²) in [6, 6.07) is 10.5. The molecule has 0 amide bonds. The van der Waals surface area contributed by atoms with Crippen LogP contribution < -0.4 is 5.19 Å². The maximum absolute atomic E-state index is 4.18. The van der Waals surface area contributed by atoms with Crippen molar-refractivity contribution in [2.75, 3.05) is 0 Å². The quantitative estimate of drug-likeness (QED) is 0.592. The van der Waals surface area contributed by atoms with E-state index in [-0.39, 0.29) is 0 Å². The molecule has 1 rings (SSSR count). The summed E-state index contributed by atoms with van der Waals surface area (Å²) in [7, 11) is 0. The van der Waals surface area contributed by atoms with Crippen LogP contribution in [0.3, 0.4) is 0 Å². The third kappa shape index (κ3) is 1.98. The van der Waals surface area contributed by atoms with E-state index in [1.165, 1.54) is 5.19 Å². The molecular formula is C8H11FeSi. The molecule has 0 heterocycles. The molecule has 0 N–H and O–H groups in total. The van der Waals surface area contributed by atoms with E-state index in [4.69, 9.17) is 0 Å². The molecule has 10 heavy (non-hydrogen) atoms. The molecule has 0 aliphatic rings. The fourth-order valence-corrected chi connectivity index (χ4v) is 2.36. The van der Waals surface area contributed by atoms with Crippen LogP contribution >= 0.6 is 0 Å². The van der Waals surface area contributed by atoms with Crippen LogP contribution in [0.2, 0.25) is 13.1 Å². The van der Waals surface area contributed by atoms with Crippen LogP contribution in [0.25, 0.3) is 0 Å². The van der Waals surface area contributed by atoms with E-state index < -0.39 is 6.68 Å². The topological polar surface area (TPSA) is 0 Å². The summed E-state index contributed by atoms with van der Waals surface area (Å²) >= 11 is 4.18. The van der Waals surface area contributed by atoms with Gasteiger partial charge in [-0.1, -0.05) is 0 Å². The molecule has 0 spiro atoms. The van der Waals surface area contributed by atoms with E-state index in [9.17, 15) is 0 Å². The van der Waals surface area contributed by atoms with Crippen LogP contribution in [-0.2, 0) is 15.4 Å². The van der Waals surface area contributed by atoms with Crippen molar-refractivity contribution >= 4 is 11.9 Å². The predicted octanol–water partition coefficient (Wildman–Crippen LogP) is 1.65. The standard InChI is InChI=1S/C8H11Si.Fe/c1-9(2)8-6-4-3-5-7-8;/h3-7H,1-2H3;. The van der Waals surface area contributed by atoms with E-state index in [1.54, 1.807) is 0 Å². The fraction of sp³-hybridized carbons (Fsp3) is 0.250. The van der Waals surface area contributed by atoms with Crippen molar-refractivity contribution in [3.05, 3.63) is 30.3 Å². The van der Waals surface area contributed by atoms with Gasteiger partial charge in [-0.3, -0.25) is 0 Å². The Hall–Kier alpha value is -0.0436. The first-order valence-electron chi connectivity index (χ1n) is 3.34. The molecular weight excluding hydrogens is 180 g/mol. The van der Waals surface area contributed by atoms with Gasteiger partial charge in [0.15, 0.2) is 0 Å². The number of benzene rings is 1. The molecule has 0 saturated heterocycles. The zero-order valence-corrected chi connectivity index (χ0v) is 8.34. The van der Waals surface area contributed by atoms with Gasteiger partial charge in [0.1, 0.15) is 0 Å². The SMILES string of the molecule is C[Si](C)([Fe])c1ccccc1. The molecule has 2 heteroatoms. The van der Waals surface area contributed by atoms with Gasteiger partial charge in [0.05, 0.1) is 0 Å². The second kappa shape index (κ2) is 2.91. The minimum absolute atomic E-state index is 1.28. The number of rotatable bonds is 1. The minimum atomic E-state index is -1.28. The Bertz CT molecular complexity index is 200. The first-order valence-corrected chi connectivity index (χ1v) is 7.85. The van der Waals surface area contributed by atoms with Crippen molar-refractivity contribution in [2.45, 2.75) is 13.1 Å². The van der Waals surface area contributed by atoms with Gasteiger partial charge in [-0.15, -0.1) is 0 Å². The molecule has 55 valence electrons. The summed E-state index contributed by atoms with van der Waals surface area (Å²) in [4.78, 5) is 0. The van der Waals surface area contributed by atoms with Gasteiger partial charge in [0, 0.05) is 0 Å². The Labute approximate surface area is 70.9 Å². The zero-order valence-electron chi connectivity index (χ0n) is 6.24. The second-order valence-electron chi connectivity index (χ2n) is 2.81. The van der Waals surface area contributed by atoms with Crippen LogP contribution in [0.15, 0.2) is 30.3 Å². The molecule has 0 radical (unpaired) electrons. The summed E-state index contributed by atoms with van der Waals surface area (Å²) in [5, 5.41) is 1.43. The van der Waals surface area contributed by atoms with E-state index in [1.807, 2.05) is 6.07 Å². The Kier molecular flexibility index (Phi) is 2.35. The van der Waals surface area contributed by atoms with Crippen molar-refractivity contribution in [3.63, 3.8) is 0 Å². The molecule has 0 fully saturated rings. The van der Waals surface area contributed by atoms with Crippen LogP contribution in [0.1, 0.15) is 0 Å². The molecule has 0 atom stereocenters. The van der Waals surface area contributed by atoms with Crippen molar-refractivity contribution in [2.24, 2.45) is 0 Å². The van der Waals surface area contributed by atoms with Gasteiger partial charge in [0.2, 0.25) is 0 Å². The number of hydrogen-bond acceptors (Lipinski definition) is 0. The van der Waals surface area contributed by atoms with Crippen LogP contribution in [0.5, 0.6) is 0 Å². The Morgan fingerprint density at radius 1 is 1.10 bits per heavy atom. The summed E-state index contributed by atoms with van der Waals surface area (Å²) in [6.07, 6.45) is 0. The maximum atomic E-state index is 4.18. The van der Waals surface area contributed by atoms with Gasteiger partial charge in [0.25, 0.3) is 0 Å².